The van der Waals surface area contributed by atoms with Crippen LogP contribution in [0.5, 0.6) is 0 Å². The number of nitrogens with one attached hydrogen (secondary N) is 2. The van der Waals surface area contributed by atoms with Gasteiger partial charge in [0.2, 0.25) is 0 Å². The minimum absolute atomic E-state index is 0.421. The topological polar surface area (TPSA) is 37.0 Å². The van der Waals surface area contributed by atoms with E-state index in [9.17, 15) is 0 Å². The molecule has 1 aromatic rings. The summed E-state index contributed by atoms with van der Waals surface area (Å²) in [6, 6.07) is 1.07. The molecule has 3 nitrogen and oxygen atoms in total. The number of piperidine rings is 1. The van der Waals surface area contributed by atoms with E-state index in [0.717, 1.165) is 6.54 Å². The normalized spacial score (nSPS) is 22.6. The average Bonchev–Trinajstić information content (AvgIpc) is 2.67. The third-order valence-corrected chi connectivity index (χ3v) is 4.67. The lowest BCUT2D eigenvalue weighted by atomic mass is 10.0. The van der Waals surface area contributed by atoms with Gasteiger partial charge in [0.1, 0.15) is 0 Å². The zero-order valence-electron chi connectivity index (χ0n) is 11.0. The monoisotopic (exact) mass is 253 g/mol. The standard InChI is InChI=1S/C13H23N3S/c1-9(13-10(2)16-11(3)17-13)15-8-12-6-4-5-7-14-12/h9,12,14-15H,4-8H2,1-3H3. The first-order valence-electron chi connectivity index (χ1n) is 6.57. The van der Waals surface area contributed by atoms with Crippen molar-refractivity contribution in [3.63, 3.8) is 0 Å². The van der Waals surface area contributed by atoms with Crippen LogP contribution in [0, 0.1) is 13.8 Å². The highest BCUT2D eigenvalue weighted by Gasteiger charge is 2.16. The van der Waals surface area contributed by atoms with E-state index in [0.29, 0.717) is 12.1 Å². The van der Waals surface area contributed by atoms with Crippen LogP contribution in [0.4, 0.5) is 0 Å². The van der Waals surface area contributed by atoms with E-state index in [2.05, 4.69) is 36.4 Å². The van der Waals surface area contributed by atoms with Crippen LogP contribution >= 0.6 is 11.3 Å². The fourth-order valence-electron chi connectivity index (χ4n) is 2.46. The largest absolute Gasteiger partial charge is 0.313 e. The first-order valence-corrected chi connectivity index (χ1v) is 7.39. The Morgan fingerprint density at radius 2 is 2.29 bits per heavy atom. The predicted molar refractivity (Wildman–Crippen MR) is 73.6 cm³/mol. The summed E-state index contributed by atoms with van der Waals surface area (Å²) in [4.78, 5) is 5.88. The number of nitrogens with zero attached hydrogens (tertiary/aromatic N) is 1. The van der Waals surface area contributed by atoms with Crippen molar-refractivity contribution in [1.29, 1.82) is 0 Å². The van der Waals surface area contributed by atoms with E-state index >= 15 is 0 Å². The quantitative estimate of drug-likeness (QED) is 0.866. The zero-order chi connectivity index (χ0) is 12.3. The molecule has 2 rings (SSSR count). The summed E-state index contributed by atoms with van der Waals surface area (Å²) in [5.74, 6) is 0. The Bertz CT molecular complexity index is 356. The maximum Gasteiger partial charge on any atom is 0.0900 e. The molecule has 4 heteroatoms. The maximum absolute atomic E-state index is 4.49. The second-order valence-corrected chi connectivity index (χ2v) is 6.19. The third-order valence-electron chi connectivity index (χ3n) is 3.42. The Morgan fingerprint density at radius 1 is 1.47 bits per heavy atom. The number of thiazole rings is 1. The minimum atomic E-state index is 0.421. The van der Waals surface area contributed by atoms with Gasteiger partial charge in [-0.2, -0.15) is 0 Å². The van der Waals surface area contributed by atoms with Crippen LogP contribution in [-0.2, 0) is 0 Å². The highest BCUT2D eigenvalue weighted by molar-refractivity contribution is 7.11. The van der Waals surface area contributed by atoms with Gasteiger partial charge < -0.3 is 10.6 Å². The molecule has 0 spiro atoms. The van der Waals surface area contributed by atoms with Crippen LogP contribution < -0.4 is 10.6 Å². The van der Waals surface area contributed by atoms with Gasteiger partial charge in [0.05, 0.1) is 10.7 Å². The van der Waals surface area contributed by atoms with Gasteiger partial charge in [-0.15, -0.1) is 11.3 Å². The van der Waals surface area contributed by atoms with Gasteiger partial charge in [0, 0.05) is 23.5 Å². The van der Waals surface area contributed by atoms with Crippen molar-refractivity contribution in [3.8, 4) is 0 Å². The molecule has 0 saturated carbocycles. The Hall–Kier alpha value is -0.450. The molecule has 2 heterocycles. The van der Waals surface area contributed by atoms with Crippen LogP contribution in [0.3, 0.4) is 0 Å². The third kappa shape index (κ3) is 3.50. The summed E-state index contributed by atoms with van der Waals surface area (Å²) in [7, 11) is 0. The molecule has 1 aromatic heterocycles. The molecule has 1 aliphatic heterocycles. The van der Waals surface area contributed by atoms with Gasteiger partial charge >= 0.3 is 0 Å². The number of hydrogen-bond donors (Lipinski definition) is 2. The molecule has 0 radical (unpaired) electrons. The Balaban J connectivity index is 1.84. The lowest BCUT2D eigenvalue weighted by Gasteiger charge is -2.25. The van der Waals surface area contributed by atoms with Crippen molar-refractivity contribution in [2.75, 3.05) is 13.1 Å². The van der Waals surface area contributed by atoms with Crippen molar-refractivity contribution in [2.45, 2.75) is 52.1 Å². The molecule has 1 saturated heterocycles. The molecule has 1 aliphatic rings. The summed E-state index contributed by atoms with van der Waals surface area (Å²) in [5.41, 5.74) is 1.18. The van der Waals surface area contributed by atoms with Crippen LogP contribution in [0.1, 0.15) is 47.8 Å². The van der Waals surface area contributed by atoms with Crippen molar-refractivity contribution < 1.29 is 0 Å². The molecule has 17 heavy (non-hydrogen) atoms. The smallest absolute Gasteiger partial charge is 0.0900 e. The van der Waals surface area contributed by atoms with Crippen LogP contribution in [0.25, 0.3) is 0 Å². The molecule has 2 atom stereocenters. The van der Waals surface area contributed by atoms with Crippen LogP contribution in [0.15, 0.2) is 0 Å². The maximum atomic E-state index is 4.49. The predicted octanol–water partition coefficient (Wildman–Crippen LogP) is 2.55. The molecule has 0 aromatic carbocycles. The number of aromatic nitrogens is 1. The fourth-order valence-corrected chi connectivity index (χ4v) is 3.41. The highest BCUT2D eigenvalue weighted by Crippen LogP contribution is 2.24. The summed E-state index contributed by atoms with van der Waals surface area (Å²) in [6.07, 6.45) is 4.01. The van der Waals surface area contributed by atoms with Crippen molar-refractivity contribution >= 4 is 11.3 Å². The molecule has 96 valence electrons. The van der Waals surface area contributed by atoms with Crippen molar-refractivity contribution in [2.24, 2.45) is 0 Å². The number of aryl methyl sites for hydroxylation is 2. The summed E-state index contributed by atoms with van der Waals surface area (Å²) >= 11 is 1.82. The Labute approximate surface area is 108 Å². The van der Waals surface area contributed by atoms with E-state index in [1.807, 2.05) is 11.3 Å². The zero-order valence-corrected chi connectivity index (χ0v) is 11.9. The molecule has 0 amide bonds. The number of rotatable bonds is 4. The average molecular weight is 253 g/mol. The second kappa shape index (κ2) is 5.94. The van der Waals surface area contributed by atoms with E-state index < -0.39 is 0 Å². The van der Waals surface area contributed by atoms with E-state index in [1.165, 1.54) is 41.4 Å². The first-order chi connectivity index (χ1) is 8.16. The number of hydrogen-bond acceptors (Lipinski definition) is 4. The summed E-state index contributed by atoms with van der Waals surface area (Å²) in [6.45, 7) is 8.67. The van der Waals surface area contributed by atoms with Gasteiger partial charge in [-0.25, -0.2) is 4.98 Å². The van der Waals surface area contributed by atoms with Gasteiger partial charge in [-0.3, -0.25) is 0 Å². The Morgan fingerprint density at radius 3 is 2.88 bits per heavy atom. The molecule has 2 N–H and O–H groups in total. The summed E-state index contributed by atoms with van der Waals surface area (Å²) < 4.78 is 0. The van der Waals surface area contributed by atoms with Gasteiger partial charge in [-0.1, -0.05) is 6.42 Å². The van der Waals surface area contributed by atoms with E-state index in [4.69, 9.17) is 0 Å². The minimum Gasteiger partial charge on any atom is -0.313 e. The van der Waals surface area contributed by atoms with Crippen molar-refractivity contribution in [3.05, 3.63) is 15.6 Å². The SMILES string of the molecule is Cc1nc(C)c(C(C)NCC2CCCCN2)s1. The highest BCUT2D eigenvalue weighted by atomic mass is 32.1. The van der Waals surface area contributed by atoms with E-state index in [1.54, 1.807) is 0 Å². The fraction of sp³-hybridized carbons (Fsp3) is 0.769. The van der Waals surface area contributed by atoms with Gasteiger partial charge in [-0.05, 0) is 40.2 Å². The van der Waals surface area contributed by atoms with Gasteiger partial charge in [0.15, 0.2) is 0 Å². The molecule has 0 aliphatic carbocycles. The first kappa shape index (κ1) is 13.0. The van der Waals surface area contributed by atoms with Crippen molar-refractivity contribution in [1.82, 2.24) is 15.6 Å². The van der Waals surface area contributed by atoms with Crippen LogP contribution in [-0.4, -0.2) is 24.1 Å². The molecular weight excluding hydrogens is 230 g/mol. The molecule has 0 bridgehead atoms. The second-order valence-electron chi connectivity index (χ2n) is 4.96. The molecule has 1 fully saturated rings. The van der Waals surface area contributed by atoms with E-state index in [-0.39, 0.29) is 0 Å². The Kier molecular flexibility index (Phi) is 4.54. The lowest BCUT2D eigenvalue weighted by molar-refractivity contribution is 0.372. The van der Waals surface area contributed by atoms with Gasteiger partial charge in [0.25, 0.3) is 0 Å². The molecule has 2 unspecified atom stereocenters. The molecular formula is C13H23N3S. The summed E-state index contributed by atoms with van der Waals surface area (Å²) in [5, 5.41) is 8.37. The lowest BCUT2D eigenvalue weighted by Crippen LogP contribution is -2.42. The van der Waals surface area contributed by atoms with Crippen LogP contribution in [0.2, 0.25) is 0 Å².